The van der Waals surface area contributed by atoms with Crippen LogP contribution in [0.2, 0.25) is 0 Å². The Labute approximate surface area is 185 Å². The average Bonchev–Trinajstić information content (AvgIpc) is 2.72. The number of rotatable bonds is 16. The van der Waals surface area contributed by atoms with Gasteiger partial charge in [0.15, 0.2) is 6.10 Å². The van der Waals surface area contributed by atoms with E-state index in [0.29, 0.717) is 45.3 Å². The van der Waals surface area contributed by atoms with Gasteiger partial charge in [-0.25, -0.2) is 9.59 Å². The number of hydrogen-bond acceptors (Lipinski definition) is 6. The SMILES string of the molecule is CCCCOCCN(CCOc1ccc(CC(OCC)C(=O)O)cc1)C(=O)OC(C)C. The molecular formula is C23H37NO7. The van der Waals surface area contributed by atoms with E-state index < -0.39 is 12.1 Å². The van der Waals surface area contributed by atoms with Gasteiger partial charge in [0.2, 0.25) is 0 Å². The Kier molecular flexibility index (Phi) is 13.3. The highest BCUT2D eigenvalue weighted by atomic mass is 16.6. The van der Waals surface area contributed by atoms with Crippen LogP contribution in [0.1, 0.15) is 46.1 Å². The summed E-state index contributed by atoms with van der Waals surface area (Å²) in [5, 5.41) is 9.19. The molecule has 176 valence electrons. The van der Waals surface area contributed by atoms with Crippen molar-refractivity contribution in [3.05, 3.63) is 29.8 Å². The minimum Gasteiger partial charge on any atom is -0.492 e. The summed E-state index contributed by atoms with van der Waals surface area (Å²) in [5.41, 5.74) is 0.847. The third-order valence-electron chi connectivity index (χ3n) is 4.36. The molecule has 0 spiro atoms. The minimum absolute atomic E-state index is 0.198. The van der Waals surface area contributed by atoms with Gasteiger partial charge in [-0.2, -0.15) is 0 Å². The maximum Gasteiger partial charge on any atom is 0.410 e. The van der Waals surface area contributed by atoms with Crippen LogP contribution in [-0.4, -0.2) is 73.8 Å². The Morgan fingerprint density at radius 2 is 1.71 bits per heavy atom. The quantitative estimate of drug-likeness (QED) is 0.392. The van der Waals surface area contributed by atoms with Gasteiger partial charge in [0.05, 0.1) is 19.3 Å². The lowest BCUT2D eigenvalue weighted by Gasteiger charge is -2.23. The number of carboxylic acid groups (broad SMARTS) is 1. The van der Waals surface area contributed by atoms with Gasteiger partial charge in [0.25, 0.3) is 0 Å². The molecule has 0 heterocycles. The zero-order valence-electron chi connectivity index (χ0n) is 19.2. The largest absolute Gasteiger partial charge is 0.492 e. The molecular weight excluding hydrogens is 402 g/mol. The van der Waals surface area contributed by atoms with Crippen molar-refractivity contribution in [2.75, 3.05) is 39.5 Å². The van der Waals surface area contributed by atoms with Crippen LogP contribution in [0.5, 0.6) is 5.75 Å². The smallest absolute Gasteiger partial charge is 0.410 e. The highest BCUT2D eigenvalue weighted by Crippen LogP contribution is 2.15. The van der Waals surface area contributed by atoms with Crippen LogP contribution in [0.3, 0.4) is 0 Å². The molecule has 0 saturated heterocycles. The second-order valence-corrected chi connectivity index (χ2v) is 7.36. The summed E-state index contributed by atoms with van der Waals surface area (Å²) in [4.78, 5) is 25.1. The molecule has 1 unspecified atom stereocenters. The van der Waals surface area contributed by atoms with E-state index in [-0.39, 0.29) is 18.6 Å². The maximum atomic E-state index is 12.3. The molecule has 0 saturated carbocycles. The molecule has 1 aromatic carbocycles. The average molecular weight is 440 g/mol. The van der Waals surface area contributed by atoms with E-state index in [1.54, 1.807) is 24.0 Å². The van der Waals surface area contributed by atoms with Gasteiger partial charge in [-0.1, -0.05) is 25.5 Å². The molecule has 1 amide bonds. The van der Waals surface area contributed by atoms with Crippen molar-refractivity contribution >= 4 is 12.1 Å². The number of amides is 1. The molecule has 1 rings (SSSR count). The van der Waals surface area contributed by atoms with Crippen LogP contribution in [0.15, 0.2) is 24.3 Å². The summed E-state index contributed by atoms with van der Waals surface area (Å²) in [6, 6.07) is 7.20. The number of unbranched alkanes of at least 4 members (excludes halogenated alkanes) is 1. The monoisotopic (exact) mass is 439 g/mol. The van der Waals surface area contributed by atoms with E-state index in [4.69, 9.17) is 18.9 Å². The molecule has 0 radical (unpaired) electrons. The van der Waals surface area contributed by atoms with Gasteiger partial charge >= 0.3 is 12.1 Å². The lowest BCUT2D eigenvalue weighted by Crippen LogP contribution is -2.38. The first-order valence-electron chi connectivity index (χ1n) is 11.0. The van der Waals surface area contributed by atoms with Crippen molar-refractivity contribution in [1.82, 2.24) is 4.90 Å². The molecule has 8 nitrogen and oxygen atoms in total. The predicted octanol–water partition coefficient (Wildman–Crippen LogP) is 3.76. The summed E-state index contributed by atoms with van der Waals surface area (Å²) >= 11 is 0. The summed E-state index contributed by atoms with van der Waals surface area (Å²) < 4.78 is 21.9. The summed E-state index contributed by atoms with van der Waals surface area (Å²) in [6.07, 6.45) is 0.897. The Bertz CT molecular complexity index is 633. The molecule has 8 heteroatoms. The first kappa shape index (κ1) is 26.7. The minimum atomic E-state index is -0.978. The molecule has 0 aliphatic heterocycles. The molecule has 1 N–H and O–H groups in total. The Balaban J connectivity index is 2.53. The number of hydrogen-bond donors (Lipinski definition) is 1. The Morgan fingerprint density at radius 1 is 1.03 bits per heavy atom. The Morgan fingerprint density at radius 3 is 2.29 bits per heavy atom. The van der Waals surface area contributed by atoms with Crippen molar-refractivity contribution in [2.24, 2.45) is 0 Å². The number of carbonyl (C=O) groups excluding carboxylic acids is 1. The maximum absolute atomic E-state index is 12.3. The highest BCUT2D eigenvalue weighted by Gasteiger charge is 2.18. The number of aliphatic carboxylic acids is 1. The lowest BCUT2D eigenvalue weighted by molar-refractivity contribution is -0.149. The van der Waals surface area contributed by atoms with Crippen molar-refractivity contribution in [3.63, 3.8) is 0 Å². The van der Waals surface area contributed by atoms with Crippen LogP contribution in [0, 0.1) is 0 Å². The van der Waals surface area contributed by atoms with Gasteiger partial charge in [0, 0.05) is 26.2 Å². The normalized spacial score (nSPS) is 11.9. The summed E-state index contributed by atoms with van der Waals surface area (Å²) in [5.74, 6) is -0.336. The third kappa shape index (κ3) is 11.6. The summed E-state index contributed by atoms with van der Waals surface area (Å²) in [6.45, 7) is 10.1. The fourth-order valence-electron chi connectivity index (χ4n) is 2.72. The predicted molar refractivity (Wildman–Crippen MR) is 118 cm³/mol. The van der Waals surface area contributed by atoms with Crippen molar-refractivity contribution in [1.29, 1.82) is 0 Å². The number of ether oxygens (including phenoxy) is 4. The summed E-state index contributed by atoms with van der Waals surface area (Å²) in [7, 11) is 0. The number of carboxylic acids is 1. The van der Waals surface area contributed by atoms with Crippen molar-refractivity contribution in [3.8, 4) is 5.75 Å². The molecule has 0 fully saturated rings. The van der Waals surface area contributed by atoms with E-state index in [9.17, 15) is 14.7 Å². The fourth-order valence-corrected chi connectivity index (χ4v) is 2.72. The third-order valence-corrected chi connectivity index (χ3v) is 4.36. The van der Waals surface area contributed by atoms with E-state index in [2.05, 4.69) is 6.92 Å². The van der Waals surface area contributed by atoms with Crippen LogP contribution >= 0.6 is 0 Å². The van der Waals surface area contributed by atoms with Crippen LogP contribution < -0.4 is 4.74 Å². The topological polar surface area (TPSA) is 94.5 Å². The van der Waals surface area contributed by atoms with Gasteiger partial charge in [-0.3, -0.25) is 0 Å². The molecule has 0 aliphatic rings. The highest BCUT2D eigenvalue weighted by molar-refractivity contribution is 5.72. The molecule has 1 aromatic rings. The van der Waals surface area contributed by atoms with Gasteiger partial charge < -0.3 is 29.0 Å². The van der Waals surface area contributed by atoms with Crippen molar-refractivity contribution < 1.29 is 33.6 Å². The second kappa shape index (κ2) is 15.5. The lowest BCUT2D eigenvalue weighted by atomic mass is 10.1. The molecule has 0 bridgehead atoms. The van der Waals surface area contributed by atoms with Crippen LogP contribution in [0.25, 0.3) is 0 Å². The number of benzene rings is 1. The molecule has 0 aliphatic carbocycles. The van der Waals surface area contributed by atoms with Gasteiger partial charge in [0.1, 0.15) is 12.4 Å². The first-order chi connectivity index (χ1) is 14.9. The number of carbonyl (C=O) groups is 2. The first-order valence-corrected chi connectivity index (χ1v) is 11.0. The number of nitrogens with zero attached hydrogens (tertiary/aromatic N) is 1. The molecule has 31 heavy (non-hydrogen) atoms. The molecule has 1 atom stereocenters. The zero-order chi connectivity index (χ0) is 23.1. The van der Waals surface area contributed by atoms with Crippen LogP contribution in [-0.2, 0) is 25.4 Å². The van der Waals surface area contributed by atoms with Gasteiger partial charge in [-0.05, 0) is 44.9 Å². The van der Waals surface area contributed by atoms with Gasteiger partial charge in [-0.15, -0.1) is 0 Å². The van der Waals surface area contributed by atoms with E-state index in [1.807, 2.05) is 26.0 Å². The van der Waals surface area contributed by atoms with E-state index >= 15 is 0 Å². The fraction of sp³-hybridized carbons (Fsp3) is 0.652. The van der Waals surface area contributed by atoms with Crippen molar-refractivity contribution in [2.45, 2.75) is 59.2 Å². The second-order valence-electron chi connectivity index (χ2n) is 7.36. The molecule has 0 aromatic heterocycles. The van der Waals surface area contributed by atoms with Crippen LogP contribution in [0.4, 0.5) is 4.79 Å². The standard InChI is InChI=1S/C23H37NO7/c1-5-7-14-28-15-12-24(23(27)31-18(3)4)13-16-30-20-10-8-19(9-11-20)17-21(22(25)26)29-6-2/h8-11,18,21H,5-7,12-17H2,1-4H3,(H,25,26). The van der Waals surface area contributed by atoms with E-state index in [1.165, 1.54) is 0 Å². The van der Waals surface area contributed by atoms with E-state index in [0.717, 1.165) is 18.4 Å². The zero-order valence-corrected chi connectivity index (χ0v) is 19.2. The Hall–Kier alpha value is -2.32.